The Morgan fingerprint density at radius 1 is 1.38 bits per heavy atom. The van der Waals surface area contributed by atoms with Crippen molar-refractivity contribution >= 4 is 18.1 Å². The van der Waals surface area contributed by atoms with E-state index in [2.05, 4.69) is 25.3 Å². The molecule has 0 saturated heterocycles. The van der Waals surface area contributed by atoms with E-state index >= 15 is 0 Å². The molecule has 1 N–H and O–H groups in total. The molecule has 0 amide bonds. The Labute approximate surface area is 86.3 Å². The number of hydrogen-bond acceptors (Lipinski definition) is 2. The van der Waals surface area contributed by atoms with Gasteiger partial charge in [-0.1, -0.05) is 20.6 Å². The van der Waals surface area contributed by atoms with Gasteiger partial charge in [-0.2, -0.15) is 0 Å². The zero-order chi connectivity index (χ0) is 10.6. The van der Waals surface area contributed by atoms with Crippen LogP contribution in [0.3, 0.4) is 0 Å². The quantitative estimate of drug-likeness (QED) is 0.561. The summed E-state index contributed by atoms with van der Waals surface area (Å²) in [5.41, 5.74) is 0. The molecule has 13 heavy (non-hydrogen) atoms. The summed E-state index contributed by atoms with van der Waals surface area (Å²) in [7, 11) is 0. The highest BCUT2D eigenvalue weighted by atomic mass is 32.2. The molecule has 0 aliphatic heterocycles. The fourth-order valence-electron chi connectivity index (χ4n) is 1.01. The van der Waals surface area contributed by atoms with Crippen molar-refractivity contribution in [2.75, 3.05) is 0 Å². The fourth-order valence-corrected chi connectivity index (χ4v) is 2.07. The molecule has 0 radical (unpaired) electrons. The summed E-state index contributed by atoms with van der Waals surface area (Å²) in [6, 6.07) is 0. The molecule has 0 aliphatic carbocycles. The zero-order valence-electron chi connectivity index (χ0n) is 9.68. The van der Waals surface area contributed by atoms with Gasteiger partial charge in [-0.15, -0.1) is 4.72 Å². The monoisotopic (exact) mass is 203 g/mol. The van der Waals surface area contributed by atoms with Crippen LogP contribution < -0.4 is 4.72 Å². The predicted octanol–water partition coefficient (Wildman–Crippen LogP) is 2.11. The Bertz CT molecular complexity index is 147. The average Bonchev–Trinajstić information content (AvgIpc) is 1.96. The molecule has 0 rings (SSSR count). The van der Waals surface area contributed by atoms with Crippen molar-refractivity contribution in [3.05, 3.63) is 0 Å². The van der Waals surface area contributed by atoms with Crippen molar-refractivity contribution in [2.45, 2.75) is 58.5 Å². The maximum Gasteiger partial charge on any atom is 0.159 e. The molecule has 0 aromatic carbocycles. The first-order valence-corrected chi connectivity index (χ1v) is 6.12. The molecule has 4 heteroatoms. The molecule has 0 aromatic heterocycles. The van der Waals surface area contributed by atoms with Crippen molar-refractivity contribution < 1.29 is 4.55 Å². The standard InChI is InChI=1S/C9H22BNOS/c1-7-8(10(5)6)11-13(12)9(2,3)4/h8,11H,7H2,1-6H3. The van der Waals surface area contributed by atoms with Gasteiger partial charge in [0.05, 0.1) is 0 Å². The Morgan fingerprint density at radius 3 is 2.08 bits per heavy atom. The van der Waals surface area contributed by atoms with Gasteiger partial charge in [0.25, 0.3) is 0 Å². The molecular weight excluding hydrogens is 181 g/mol. The SMILES string of the molecule is CCC(N[S+]([O-])C(C)(C)C)B(C)C. The zero-order valence-corrected chi connectivity index (χ0v) is 10.5. The minimum atomic E-state index is -0.938. The van der Waals surface area contributed by atoms with Crippen molar-refractivity contribution in [3.63, 3.8) is 0 Å². The first kappa shape index (κ1) is 13.3. The van der Waals surface area contributed by atoms with Crippen LogP contribution in [0.4, 0.5) is 0 Å². The van der Waals surface area contributed by atoms with E-state index in [1.807, 2.05) is 20.8 Å². The lowest BCUT2D eigenvalue weighted by Crippen LogP contribution is -2.49. The van der Waals surface area contributed by atoms with Crippen LogP contribution in [-0.4, -0.2) is 22.0 Å². The third-order valence-electron chi connectivity index (χ3n) is 2.06. The molecule has 0 aromatic rings. The van der Waals surface area contributed by atoms with Crippen LogP contribution in [-0.2, 0) is 11.4 Å². The summed E-state index contributed by atoms with van der Waals surface area (Å²) < 4.78 is 14.8. The predicted molar refractivity (Wildman–Crippen MR) is 62.6 cm³/mol. The first-order valence-electron chi connectivity index (χ1n) is 4.97. The molecule has 2 atom stereocenters. The minimum absolute atomic E-state index is 0.164. The number of nitrogens with one attached hydrogen (secondary N) is 1. The normalized spacial score (nSPS) is 16.8. The molecular formula is C9H22BNOS. The second-order valence-corrected chi connectivity index (χ2v) is 6.76. The Balaban J connectivity index is 4.09. The highest BCUT2D eigenvalue weighted by molar-refractivity contribution is 7.90. The number of rotatable bonds is 4. The Hall–Kier alpha value is 0.335. The van der Waals surface area contributed by atoms with Crippen molar-refractivity contribution in [1.82, 2.24) is 4.72 Å². The van der Waals surface area contributed by atoms with Gasteiger partial charge in [0.1, 0.15) is 4.75 Å². The molecule has 0 heterocycles. The summed E-state index contributed by atoms with van der Waals surface area (Å²) in [6.07, 6.45) is 1.03. The molecule has 2 unspecified atom stereocenters. The van der Waals surface area contributed by atoms with Crippen LogP contribution in [0.15, 0.2) is 0 Å². The van der Waals surface area contributed by atoms with Crippen LogP contribution in [0.1, 0.15) is 34.1 Å². The second kappa shape index (κ2) is 5.27. The smallest absolute Gasteiger partial charge is 0.159 e. The van der Waals surface area contributed by atoms with E-state index in [0.29, 0.717) is 12.7 Å². The number of hydrogen-bond donors (Lipinski definition) is 1. The van der Waals surface area contributed by atoms with Crippen LogP contribution in [0.2, 0.25) is 13.6 Å². The van der Waals surface area contributed by atoms with Crippen LogP contribution in [0, 0.1) is 0 Å². The molecule has 0 bridgehead atoms. The maximum absolute atomic E-state index is 11.7. The Morgan fingerprint density at radius 2 is 1.85 bits per heavy atom. The van der Waals surface area contributed by atoms with E-state index in [1.54, 1.807) is 0 Å². The third kappa shape index (κ3) is 4.94. The van der Waals surface area contributed by atoms with Gasteiger partial charge in [-0.3, -0.25) is 0 Å². The molecule has 0 saturated carbocycles. The van der Waals surface area contributed by atoms with Gasteiger partial charge in [0.2, 0.25) is 0 Å². The van der Waals surface area contributed by atoms with Gasteiger partial charge in [-0.05, 0) is 27.2 Å². The Kier molecular flexibility index (Phi) is 5.41. The third-order valence-corrected chi connectivity index (χ3v) is 3.69. The van der Waals surface area contributed by atoms with Gasteiger partial charge in [-0.25, -0.2) is 0 Å². The lowest BCUT2D eigenvalue weighted by molar-refractivity contribution is 0.537. The summed E-state index contributed by atoms with van der Waals surface area (Å²) in [6.45, 7) is 12.9. The molecule has 78 valence electrons. The highest BCUT2D eigenvalue weighted by Gasteiger charge is 2.30. The van der Waals surface area contributed by atoms with Gasteiger partial charge in [0, 0.05) is 17.3 Å². The molecule has 0 aliphatic rings. The highest BCUT2D eigenvalue weighted by Crippen LogP contribution is 2.14. The maximum atomic E-state index is 11.7. The molecule has 0 fully saturated rings. The minimum Gasteiger partial charge on any atom is -0.598 e. The van der Waals surface area contributed by atoms with E-state index < -0.39 is 11.4 Å². The topological polar surface area (TPSA) is 35.1 Å². The largest absolute Gasteiger partial charge is 0.598 e. The van der Waals surface area contributed by atoms with Crippen LogP contribution in [0.25, 0.3) is 0 Å². The fraction of sp³-hybridized carbons (Fsp3) is 1.00. The first-order chi connectivity index (χ1) is 5.79. The van der Waals surface area contributed by atoms with Crippen molar-refractivity contribution in [1.29, 1.82) is 0 Å². The van der Waals surface area contributed by atoms with E-state index in [0.717, 1.165) is 6.42 Å². The van der Waals surface area contributed by atoms with Gasteiger partial charge in [0.15, 0.2) is 6.71 Å². The van der Waals surface area contributed by atoms with Gasteiger partial charge >= 0.3 is 0 Å². The summed E-state index contributed by atoms with van der Waals surface area (Å²) in [5, 5.41) is 0. The van der Waals surface area contributed by atoms with E-state index in [9.17, 15) is 4.55 Å². The average molecular weight is 203 g/mol. The molecule has 2 nitrogen and oxygen atoms in total. The second-order valence-electron chi connectivity index (χ2n) is 4.76. The van der Waals surface area contributed by atoms with Crippen LogP contribution in [0.5, 0.6) is 0 Å². The van der Waals surface area contributed by atoms with Crippen LogP contribution >= 0.6 is 0 Å². The summed E-state index contributed by atoms with van der Waals surface area (Å²) in [4.78, 5) is 0. The summed E-state index contributed by atoms with van der Waals surface area (Å²) in [5.74, 6) is 0.361. The van der Waals surface area contributed by atoms with Crippen molar-refractivity contribution in [3.8, 4) is 0 Å². The lowest BCUT2D eigenvalue weighted by Gasteiger charge is -2.28. The van der Waals surface area contributed by atoms with Gasteiger partial charge < -0.3 is 4.55 Å². The van der Waals surface area contributed by atoms with E-state index in [4.69, 9.17) is 0 Å². The van der Waals surface area contributed by atoms with Crippen molar-refractivity contribution in [2.24, 2.45) is 0 Å². The van der Waals surface area contributed by atoms with E-state index in [1.165, 1.54) is 0 Å². The molecule has 0 spiro atoms. The summed E-state index contributed by atoms with van der Waals surface area (Å²) >= 11 is -0.938. The van der Waals surface area contributed by atoms with E-state index in [-0.39, 0.29) is 4.75 Å². The lowest BCUT2D eigenvalue weighted by atomic mass is 9.48.